The molecule has 1 fully saturated rings. The Balaban J connectivity index is 1.85. The molecule has 0 saturated carbocycles. The molecule has 0 aliphatic carbocycles. The van der Waals surface area contributed by atoms with E-state index in [1.54, 1.807) is 11.8 Å². The lowest BCUT2D eigenvalue weighted by Gasteiger charge is -2.31. The minimum Gasteiger partial charge on any atom is -0.483 e. The van der Waals surface area contributed by atoms with E-state index in [0.29, 0.717) is 32.5 Å². The van der Waals surface area contributed by atoms with Gasteiger partial charge in [-0.3, -0.25) is 9.59 Å². The predicted molar refractivity (Wildman–Crippen MR) is 95.0 cm³/mol. The number of likely N-dealkylation sites (tertiary alicyclic amines) is 1. The van der Waals surface area contributed by atoms with Crippen LogP contribution in [0, 0.1) is 19.8 Å². The van der Waals surface area contributed by atoms with Crippen LogP contribution in [0.4, 0.5) is 0 Å². The van der Waals surface area contributed by atoms with E-state index in [9.17, 15) is 9.59 Å². The number of amides is 1. The summed E-state index contributed by atoms with van der Waals surface area (Å²) in [5, 5.41) is 0. The second kappa shape index (κ2) is 8.51. The molecule has 0 radical (unpaired) electrons. The lowest BCUT2D eigenvalue weighted by Crippen LogP contribution is -2.42. The molecule has 1 heterocycles. The number of hydrogen-bond donors (Lipinski definition) is 0. The Labute approximate surface area is 151 Å². The number of benzene rings is 1. The van der Waals surface area contributed by atoms with Crippen LogP contribution >= 0.6 is 15.9 Å². The Morgan fingerprint density at radius 2 is 1.79 bits per heavy atom. The highest BCUT2D eigenvalue weighted by Crippen LogP contribution is 2.27. The molecule has 0 unspecified atom stereocenters. The van der Waals surface area contributed by atoms with Gasteiger partial charge in [0.25, 0.3) is 5.91 Å². The molecule has 0 bridgehead atoms. The third kappa shape index (κ3) is 4.72. The summed E-state index contributed by atoms with van der Waals surface area (Å²) in [6.45, 7) is 7.30. The summed E-state index contributed by atoms with van der Waals surface area (Å²) in [5.41, 5.74) is 1.99. The van der Waals surface area contributed by atoms with E-state index >= 15 is 0 Å². The quantitative estimate of drug-likeness (QED) is 0.715. The van der Waals surface area contributed by atoms with Gasteiger partial charge in [0.2, 0.25) is 0 Å². The standard InChI is InChI=1S/C18H24BrNO4/c1-4-23-18(22)14-5-7-20(8-6-14)16(21)11-24-17-12(2)9-15(19)10-13(17)3/h9-10,14H,4-8,11H2,1-3H3. The smallest absolute Gasteiger partial charge is 0.309 e. The van der Waals surface area contributed by atoms with Crippen molar-refractivity contribution in [1.82, 2.24) is 4.90 Å². The van der Waals surface area contributed by atoms with Crippen LogP contribution in [0.1, 0.15) is 30.9 Å². The molecule has 1 aromatic rings. The molecule has 0 aromatic heterocycles. The summed E-state index contributed by atoms with van der Waals surface area (Å²) in [7, 11) is 0. The Kier molecular flexibility index (Phi) is 6.66. The van der Waals surface area contributed by atoms with E-state index in [-0.39, 0.29) is 24.4 Å². The van der Waals surface area contributed by atoms with E-state index < -0.39 is 0 Å². The third-order valence-electron chi connectivity index (χ3n) is 4.23. The number of aryl methyl sites for hydroxylation is 2. The maximum Gasteiger partial charge on any atom is 0.309 e. The number of hydrogen-bond acceptors (Lipinski definition) is 4. The molecular weight excluding hydrogens is 374 g/mol. The number of ether oxygens (including phenoxy) is 2. The van der Waals surface area contributed by atoms with E-state index in [1.807, 2.05) is 26.0 Å². The second-order valence-corrected chi connectivity index (χ2v) is 6.98. The summed E-state index contributed by atoms with van der Waals surface area (Å²) in [6, 6.07) is 3.94. The zero-order chi connectivity index (χ0) is 17.7. The first-order valence-corrected chi connectivity index (χ1v) is 9.05. The Morgan fingerprint density at radius 1 is 1.21 bits per heavy atom. The van der Waals surface area contributed by atoms with Crippen LogP contribution in [0.15, 0.2) is 16.6 Å². The number of esters is 1. The fourth-order valence-electron chi connectivity index (χ4n) is 2.97. The predicted octanol–water partition coefficient (Wildman–Crippen LogP) is 3.25. The first-order valence-electron chi connectivity index (χ1n) is 8.26. The van der Waals surface area contributed by atoms with Crippen molar-refractivity contribution in [2.75, 3.05) is 26.3 Å². The lowest BCUT2D eigenvalue weighted by atomic mass is 9.97. The topological polar surface area (TPSA) is 55.8 Å². The molecule has 1 aliphatic heterocycles. The Hall–Kier alpha value is -1.56. The maximum atomic E-state index is 12.3. The largest absolute Gasteiger partial charge is 0.483 e. The van der Waals surface area contributed by atoms with Gasteiger partial charge in [-0.05, 0) is 56.9 Å². The van der Waals surface area contributed by atoms with Gasteiger partial charge in [0.15, 0.2) is 6.61 Å². The van der Waals surface area contributed by atoms with Gasteiger partial charge in [-0.1, -0.05) is 15.9 Å². The van der Waals surface area contributed by atoms with Crippen LogP contribution in [-0.4, -0.2) is 43.1 Å². The molecule has 1 amide bonds. The molecular formula is C18H24BrNO4. The number of nitrogens with zero attached hydrogens (tertiary/aromatic N) is 1. The van der Waals surface area contributed by atoms with Gasteiger partial charge < -0.3 is 14.4 Å². The molecule has 132 valence electrons. The van der Waals surface area contributed by atoms with Crippen LogP contribution in [0.3, 0.4) is 0 Å². The Morgan fingerprint density at radius 3 is 2.33 bits per heavy atom. The zero-order valence-corrected chi connectivity index (χ0v) is 16.0. The van der Waals surface area contributed by atoms with Crippen LogP contribution in [0.25, 0.3) is 0 Å². The van der Waals surface area contributed by atoms with E-state index in [2.05, 4.69) is 15.9 Å². The number of carbonyl (C=O) groups excluding carboxylic acids is 2. The van der Waals surface area contributed by atoms with Gasteiger partial charge in [0.05, 0.1) is 12.5 Å². The average Bonchev–Trinajstić information content (AvgIpc) is 2.54. The van der Waals surface area contributed by atoms with Crippen LogP contribution in [-0.2, 0) is 14.3 Å². The van der Waals surface area contributed by atoms with Gasteiger partial charge in [-0.25, -0.2) is 0 Å². The van der Waals surface area contributed by atoms with Gasteiger partial charge in [-0.2, -0.15) is 0 Å². The van der Waals surface area contributed by atoms with Crippen molar-refractivity contribution in [2.45, 2.75) is 33.6 Å². The molecule has 1 aliphatic rings. The minimum atomic E-state index is -0.151. The lowest BCUT2D eigenvalue weighted by molar-refractivity contribution is -0.151. The highest BCUT2D eigenvalue weighted by molar-refractivity contribution is 9.10. The summed E-state index contributed by atoms with van der Waals surface area (Å²) in [4.78, 5) is 25.8. The van der Waals surface area contributed by atoms with E-state index in [0.717, 1.165) is 21.3 Å². The fraction of sp³-hybridized carbons (Fsp3) is 0.556. The van der Waals surface area contributed by atoms with Crippen LogP contribution in [0.5, 0.6) is 5.75 Å². The number of carbonyl (C=O) groups is 2. The van der Waals surface area contributed by atoms with Gasteiger partial charge in [0.1, 0.15) is 5.75 Å². The molecule has 2 rings (SSSR count). The monoisotopic (exact) mass is 397 g/mol. The Bertz CT molecular complexity index is 586. The van der Waals surface area contributed by atoms with Crippen LogP contribution < -0.4 is 4.74 Å². The molecule has 0 atom stereocenters. The second-order valence-electron chi connectivity index (χ2n) is 6.06. The number of piperidine rings is 1. The maximum absolute atomic E-state index is 12.3. The van der Waals surface area contributed by atoms with Crippen molar-refractivity contribution >= 4 is 27.8 Å². The van der Waals surface area contributed by atoms with Crippen molar-refractivity contribution in [3.05, 3.63) is 27.7 Å². The molecule has 24 heavy (non-hydrogen) atoms. The van der Waals surface area contributed by atoms with Crippen LogP contribution in [0.2, 0.25) is 0 Å². The SMILES string of the molecule is CCOC(=O)C1CCN(C(=O)COc2c(C)cc(Br)cc2C)CC1. The summed E-state index contributed by atoms with van der Waals surface area (Å²) < 4.78 is 11.8. The van der Waals surface area contributed by atoms with Crippen molar-refractivity contribution in [3.63, 3.8) is 0 Å². The van der Waals surface area contributed by atoms with Gasteiger partial charge in [0, 0.05) is 17.6 Å². The molecule has 0 spiro atoms. The van der Waals surface area contributed by atoms with Gasteiger partial charge in [-0.15, -0.1) is 0 Å². The summed E-state index contributed by atoms with van der Waals surface area (Å²) >= 11 is 3.45. The molecule has 6 heteroatoms. The number of rotatable bonds is 5. The summed E-state index contributed by atoms with van der Waals surface area (Å²) in [6.07, 6.45) is 1.31. The molecule has 1 saturated heterocycles. The third-order valence-corrected chi connectivity index (χ3v) is 4.69. The van der Waals surface area contributed by atoms with Crippen molar-refractivity contribution in [2.24, 2.45) is 5.92 Å². The first kappa shape index (κ1) is 18.8. The highest BCUT2D eigenvalue weighted by Gasteiger charge is 2.28. The average molecular weight is 398 g/mol. The van der Waals surface area contributed by atoms with Crippen molar-refractivity contribution < 1.29 is 19.1 Å². The van der Waals surface area contributed by atoms with Gasteiger partial charge >= 0.3 is 5.97 Å². The molecule has 0 N–H and O–H groups in total. The van der Waals surface area contributed by atoms with E-state index in [4.69, 9.17) is 9.47 Å². The van der Waals surface area contributed by atoms with Crippen molar-refractivity contribution in [3.8, 4) is 5.75 Å². The van der Waals surface area contributed by atoms with E-state index in [1.165, 1.54) is 0 Å². The fourth-order valence-corrected chi connectivity index (χ4v) is 3.66. The molecule has 5 nitrogen and oxygen atoms in total. The van der Waals surface area contributed by atoms with Crippen molar-refractivity contribution in [1.29, 1.82) is 0 Å². The zero-order valence-electron chi connectivity index (χ0n) is 14.4. The minimum absolute atomic E-state index is 0.0212. The normalized spacial score (nSPS) is 15.2. The molecule has 1 aromatic carbocycles. The summed E-state index contributed by atoms with van der Waals surface area (Å²) in [5.74, 6) is 0.472. The first-order chi connectivity index (χ1) is 11.4. The highest BCUT2D eigenvalue weighted by atomic mass is 79.9. The number of halogens is 1.